The lowest BCUT2D eigenvalue weighted by Crippen LogP contribution is -2.18. The van der Waals surface area contributed by atoms with Crippen molar-refractivity contribution in [3.63, 3.8) is 0 Å². The van der Waals surface area contributed by atoms with Crippen LogP contribution in [0.1, 0.15) is 16.8 Å². The van der Waals surface area contributed by atoms with Crippen molar-refractivity contribution in [2.24, 2.45) is 5.92 Å². The molecule has 2 rings (SSSR count). The molecule has 1 fully saturated rings. The van der Waals surface area contributed by atoms with Crippen LogP contribution in [-0.2, 0) is 0 Å². The summed E-state index contributed by atoms with van der Waals surface area (Å²) in [5.74, 6) is -0.561. The van der Waals surface area contributed by atoms with E-state index in [1.54, 1.807) is 6.07 Å². The maximum Gasteiger partial charge on any atom is 0.167 e. The molecule has 0 radical (unpaired) electrons. The fourth-order valence-corrected chi connectivity index (χ4v) is 1.88. The van der Waals surface area contributed by atoms with Crippen molar-refractivity contribution >= 4 is 17.4 Å². The van der Waals surface area contributed by atoms with Crippen LogP contribution in [-0.4, -0.2) is 18.9 Å². The Hall–Kier alpha value is -0.930. The molecule has 1 saturated heterocycles. The van der Waals surface area contributed by atoms with Gasteiger partial charge >= 0.3 is 0 Å². The van der Waals surface area contributed by atoms with Crippen LogP contribution in [0.3, 0.4) is 0 Å². The molecule has 1 aromatic carbocycles. The van der Waals surface area contributed by atoms with Gasteiger partial charge in [-0.25, -0.2) is 4.39 Å². The smallest absolute Gasteiger partial charge is 0.167 e. The molecular formula is C11H11ClFNO. The molecule has 0 amide bonds. The van der Waals surface area contributed by atoms with Crippen molar-refractivity contribution < 1.29 is 9.18 Å². The number of carbonyl (C=O) groups is 1. The van der Waals surface area contributed by atoms with Crippen LogP contribution in [0.25, 0.3) is 0 Å². The highest BCUT2D eigenvalue weighted by molar-refractivity contribution is 6.30. The summed E-state index contributed by atoms with van der Waals surface area (Å²) < 4.78 is 13.1. The number of halogens is 2. The first-order valence-corrected chi connectivity index (χ1v) is 5.26. The van der Waals surface area contributed by atoms with Gasteiger partial charge in [-0.2, -0.15) is 0 Å². The molecule has 1 aromatic rings. The second kappa shape index (κ2) is 4.29. The van der Waals surface area contributed by atoms with Gasteiger partial charge in [0.25, 0.3) is 0 Å². The van der Waals surface area contributed by atoms with Gasteiger partial charge in [0, 0.05) is 18.0 Å². The largest absolute Gasteiger partial charge is 0.316 e. The number of hydrogen-bond donors (Lipinski definition) is 1. The summed E-state index contributed by atoms with van der Waals surface area (Å²) in [6, 6.07) is 4.21. The van der Waals surface area contributed by atoms with Gasteiger partial charge in [-0.3, -0.25) is 4.79 Å². The normalized spacial score (nSPS) is 20.5. The summed E-state index contributed by atoms with van der Waals surface area (Å²) in [5.41, 5.74) is 0.408. The molecule has 0 aliphatic carbocycles. The lowest BCUT2D eigenvalue weighted by atomic mass is 9.97. The van der Waals surface area contributed by atoms with Gasteiger partial charge < -0.3 is 5.32 Å². The number of carbonyl (C=O) groups excluding carboxylic acids is 1. The average molecular weight is 228 g/mol. The van der Waals surface area contributed by atoms with Gasteiger partial charge in [-0.1, -0.05) is 11.6 Å². The molecule has 0 unspecified atom stereocenters. The van der Waals surface area contributed by atoms with Crippen molar-refractivity contribution in [2.75, 3.05) is 13.1 Å². The molecule has 0 aromatic heterocycles. The van der Waals surface area contributed by atoms with E-state index in [1.807, 2.05) is 0 Å². The van der Waals surface area contributed by atoms with E-state index < -0.39 is 5.82 Å². The van der Waals surface area contributed by atoms with Crippen LogP contribution in [0.2, 0.25) is 5.02 Å². The molecule has 1 atom stereocenters. The summed E-state index contributed by atoms with van der Waals surface area (Å²) in [6.45, 7) is 1.54. The minimum absolute atomic E-state index is 0.00410. The second-order valence-electron chi connectivity index (χ2n) is 3.68. The monoisotopic (exact) mass is 227 g/mol. The first-order valence-electron chi connectivity index (χ1n) is 4.88. The van der Waals surface area contributed by atoms with Crippen molar-refractivity contribution in [1.82, 2.24) is 5.32 Å². The predicted molar refractivity (Wildman–Crippen MR) is 56.7 cm³/mol. The van der Waals surface area contributed by atoms with Gasteiger partial charge in [-0.15, -0.1) is 0 Å². The van der Waals surface area contributed by atoms with Gasteiger partial charge in [0.05, 0.1) is 5.02 Å². The van der Waals surface area contributed by atoms with Crippen molar-refractivity contribution in [1.29, 1.82) is 0 Å². The fourth-order valence-electron chi connectivity index (χ4n) is 1.76. The number of ketones is 1. The zero-order valence-corrected chi connectivity index (χ0v) is 8.85. The molecule has 15 heavy (non-hydrogen) atoms. The SMILES string of the molecule is O=C(c1ccc(Cl)c(F)c1)[C@@H]1CCNC1. The zero-order chi connectivity index (χ0) is 10.8. The van der Waals surface area contributed by atoms with Crippen LogP contribution < -0.4 is 5.32 Å². The van der Waals surface area contributed by atoms with Crippen LogP contribution in [0.4, 0.5) is 4.39 Å². The van der Waals surface area contributed by atoms with Crippen molar-refractivity contribution in [3.05, 3.63) is 34.6 Å². The maximum absolute atomic E-state index is 13.1. The standard InChI is InChI=1S/C11H11ClFNO/c12-9-2-1-7(5-10(9)13)11(15)8-3-4-14-6-8/h1-2,5,8,14H,3-4,6H2/t8-/m1/s1. The third-order valence-corrected chi connectivity index (χ3v) is 2.94. The quantitative estimate of drug-likeness (QED) is 0.786. The maximum atomic E-state index is 13.1. The highest BCUT2D eigenvalue weighted by atomic mass is 35.5. The number of rotatable bonds is 2. The molecule has 1 N–H and O–H groups in total. The Labute approximate surface area is 92.4 Å². The molecule has 1 aliphatic heterocycles. The highest BCUT2D eigenvalue weighted by Crippen LogP contribution is 2.20. The van der Waals surface area contributed by atoms with E-state index in [1.165, 1.54) is 12.1 Å². The van der Waals surface area contributed by atoms with Crippen LogP contribution in [0.15, 0.2) is 18.2 Å². The van der Waals surface area contributed by atoms with E-state index in [4.69, 9.17) is 11.6 Å². The van der Waals surface area contributed by atoms with Crippen molar-refractivity contribution in [3.8, 4) is 0 Å². The average Bonchev–Trinajstić information content (AvgIpc) is 2.74. The van der Waals surface area contributed by atoms with E-state index in [0.717, 1.165) is 13.0 Å². The van der Waals surface area contributed by atoms with E-state index in [0.29, 0.717) is 12.1 Å². The number of nitrogens with one attached hydrogen (secondary N) is 1. The summed E-state index contributed by atoms with van der Waals surface area (Å²) in [5, 5.41) is 3.16. The first-order chi connectivity index (χ1) is 7.18. The molecule has 1 heterocycles. The predicted octanol–water partition coefficient (Wildman–Crippen LogP) is 2.27. The van der Waals surface area contributed by atoms with Gasteiger partial charge in [0.15, 0.2) is 5.78 Å². The Morgan fingerprint density at radius 1 is 1.53 bits per heavy atom. The number of Topliss-reactive ketones (excluding diaryl/α,β-unsaturated/α-hetero) is 1. The van der Waals surface area contributed by atoms with Gasteiger partial charge in [0.2, 0.25) is 0 Å². The summed E-state index contributed by atoms with van der Waals surface area (Å²) in [6.07, 6.45) is 0.822. The number of hydrogen-bond acceptors (Lipinski definition) is 2. The zero-order valence-electron chi connectivity index (χ0n) is 8.09. The molecule has 2 nitrogen and oxygen atoms in total. The summed E-state index contributed by atoms with van der Waals surface area (Å²) in [7, 11) is 0. The van der Waals surface area contributed by atoms with Gasteiger partial charge in [0.1, 0.15) is 5.82 Å². The molecule has 1 aliphatic rings. The Kier molecular flexibility index (Phi) is 3.03. The van der Waals surface area contributed by atoms with Gasteiger partial charge in [-0.05, 0) is 31.2 Å². The Balaban J connectivity index is 2.21. The van der Waals surface area contributed by atoms with E-state index in [9.17, 15) is 9.18 Å². The topological polar surface area (TPSA) is 29.1 Å². The third kappa shape index (κ3) is 2.19. The fraction of sp³-hybridized carbons (Fsp3) is 0.364. The summed E-state index contributed by atoms with van der Waals surface area (Å²) in [4.78, 5) is 11.9. The summed E-state index contributed by atoms with van der Waals surface area (Å²) >= 11 is 5.55. The van der Waals surface area contributed by atoms with Crippen LogP contribution in [0.5, 0.6) is 0 Å². The lowest BCUT2D eigenvalue weighted by molar-refractivity contribution is 0.0930. The number of benzene rings is 1. The Morgan fingerprint density at radius 2 is 2.33 bits per heavy atom. The molecule has 4 heteroatoms. The minimum Gasteiger partial charge on any atom is -0.316 e. The van der Waals surface area contributed by atoms with Crippen LogP contribution in [0, 0.1) is 11.7 Å². The third-order valence-electron chi connectivity index (χ3n) is 2.64. The molecule has 80 valence electrons. The Bertz CT molecular complexity index is 388. The van der Waals surface area contributed by atoms with E-state index in [-0.39, 0.29) is 16.7 Å². The molecule has 0 spiro atoms. The Morgan fingerprint density at radius 3 is 2.93 bits per heavy atom. The highest BCUT2D eigenvalue weighted by Gasteiger charge is 2.23. The van der Waals surface area contributed by atoms with Crippen molar-refractivity contribution in [2.45, 2.75) is 6.42 Å². The first kappa shape index (κ1) is 10.6. The molecule has 0 bridgehead atoms. The lowest BCUT2D eigenvalue weighted by Gasteiger charge is -2.07. The van der Waals surface area contributed by atoms with E-state index >= 15 is 0 Å². The van der Waals surface area contributed by atoms with Crippen LogP contribution >= 0.6 is 11.6 Å². The molecular weight excluding hydrogens is 217 g/mol. The minimum atomic E-state index is -0.534. The molecule has 0 saturated carbocycles. The second-order valence-corrected chi connectivity index (χ2v) is 4.09. The van der Waals surface area contributed by atoms with E-state index in [2.05, 4.69) is 5.32 Å².